The Balaban J connectivity index is 1.80. The third kappa shape index (κ3) is 4.38. The highest BCUT2D eigenvalue weighted by Crippen LogP contribution is 2.62. The number of hydrogen-bond donors (Lipinski definition) is 1. The molecule has 1 N–H and O–H groups in total. The van der Waals surface area contributed by atoms with E-state index in [0.29, 0.717) is 6.42 Å². The van der Waals surface area contributed by atoms with Crippen LogP contribution in [0, 0.1) is 40.4 Å². The van der Waals surface area contributed by atoms with Gasteiger partial charge in [-0.15, -0.1) is 0 Å². The van der Waals surface area contributed by atoms with E-state index in [2.05, 4.69) is 65.8 Å². The van der Waals surface area contributed by atoms with E-state index in [4.69, 9.17) is 9.47 Å². The van der Waals surface area contributed by atoms with Crippen LogP contribution in [0.25, 0.3) is 0 Å². The Bertz CT molecular complexity index is 1370. The van der Waals surface area contributed by atoms with E-state index in [1.54, 1.807) is 0 Å². The molecular formula is C36H48O6. The Morgan fingerprint density at radius 1 is 1.02 bits per heavy atom. The molecule has 2 bridgehead atoms. The predicted octanol–water partition coefficient (Wildman–Crippen LogP) is 7.52. The molecule has 1 spiro atoms. The normalized spacial score (nSPS) is 44.7. The van der Waals surface area contributed by atoms with Crippen LogP contribution in [0.1, 0.15) is 94.4 Å². The quantitative estimate of drug-likeness (QED) is 0.197. The van der Waals surface area contributed by atoms with Gasteiger partial charge in [0, 0.05) is 30.6 Å². The molecule has 6 nitrogen and oxygen atoms in total. The minimum atomic E-state index is -1.42. The van der Waals surface area contributed by atoms with Gasteiger partial charge in [0.25, 0.3) is 0 Å². The number of aliphatic hydroxyl groups excluding tert-OH is 1. The number of ketones is 1. The summed E-state index contributed by atoms with van der Waals surface area (Å²) in [6, 6.07) is 0. The van der Waals surface area contributed by atoms with Crippen LogP contribution >= 0.6 is 0 Å². The molecule has 0 amide bonds. The number of carbonyl (C=O) groups is 3. The van der Waals surface area contributed by atoms with Gasteiger partial charge in [0.05, 0.1) is 5.41 Å². The van der Waals surface area contributed by atoms with Gasteiger partial charge in [-0.3, -0.25) is 9.59 Å². The molecule has 4 aliphatic carbocycles. The molecule has 6 heteroatoms. The van der Waals surface area contributed by atoms with E-state index in [1.165, 1.54) is 6.92 Å². The summed E-state index contributed by atoms with van der Waals surface area (Å²) in [5, 5.41) is 12.5. The van der Waals surface area contributed by atoms with Crippen molar-refractivity contribution in [2.75, 3.05) is 0 Å². The molecule has 0 unspecified atom stereocenters. The van der Waals surface area contributed by atoms with Crippen LogP contribution in [0.15, 0.2) is 57.9 Å². The number of rotatable bonds is 1. The number of carbonyl (C=O) groups excluding carboxylic acids is 3. The van der Waals surface area contributed by atoms with Crippen LogP contribution in [0.4, 0.5) is 0 Å². The molecule has 42 heavy (non-hydrogen) atoms. The van der Waals surface area contributed by atoms with Crippen LogP contribution in [0.2, 0.25) is 0 Å². The number of fused-ring (bicyclic) bond motifs is 4. The molecule has 1 saturated carbocycles. The van der Waals surface area contributed by atoms with Crippen molar-refractivity contribution < 1.29 is 29.0 Å². The first-order valence-electron chi connectivity index (χ1n) is 15.7. The van der Waals surface area contributed by atoms with E-state index < -0.39 is 28.2 Å². The van der Waals surface area contributed by atoms with Crippen molar-refractivity contribution in [3.63, 3.8) is 0 Å². The molecule has 5 aliphatic rings. The summed E-state index contributed by atoms with van der Waals surface area (Å²) in [6.45, 7) is 18.0. The van der Waals surface area contributed by atoms with E-state index in [0.717, 1.165) is 48.0 Å². The van der Waals surface area contributed by atoms with Crippen LogP contribution in [-0.4, -0.2) is 34.5 Å². The van der Waals surface area contributed by atoms with Crippen LogP contribution in [0.3, 0.4) is 0 Å². The van der Waals surface area contributed by atoms with E-state index in [9.17, 15) is 19.5 Å². The molecule has 9 atom stereocenters. The summed E-state index contributed by atoms with van der Waals surface area (Å²) < 4.78 is 12.1. The minimum Gasteiger partial charge on any atom is -0.511 e. The fourth-order valence-corrected chi connectivity index (χ4v) is 9.60. The van der Waals surface area contributed by atoms with E-state index in [-0.39, 0.29) is 53.0 Å². The van der Waals surface area contributed by atoms with Crippen molar-refractivity contribution >= 4 is 17.7 Å². The molecule has 1 aliphatic heterocycles. The summed E-state index contributed by atoms with van der Waals surface area (Å²) in [5.74, 6) is -2.01. The zero-order chi connectivity index (χ0) is 30.9. The highest BCUT2D eigenvalue weighted by molar-refractivity contribution is 6.26. The second-order valence-corrected chi connectivity index (χ2v) is 14.5. The molecule has 0 radical (unpaired) electrons. The number of esters is 2. The monoisotopic (exact) mass is 576 g/mol. The maximum absolute atomic E-state index is 14.8. The number of allylic oxidation sites excluding steroid dienone is 6. The lowest BCUT2D eigenvalue weighted by Gasteiger charge is -2.56. The van der Waals surface area contributed by atoms with Crippen molar-refractivity contribution in [2.24, 2.45) is 40.4 Å². The largest absolute Gasteiger partial charge is 0.511 e. The van der Waals surface area contributed by atoms with E-state index in [1.807, 2.05) is 13.8 Å². The highest BCUT2D eigenvalue weighted by Gasteiger charge is 2.66. The fraction of sp³-hybridized carbons (Fsp3) is 0.639. The third-order valence-electron chi connectivity index (χ3n) is 11.5. The maximum Gasteiger partial charge on any atom is 0.346 e. The molecule has 2 fully saturated rings. The molecular weight excluding hydrogens is 528 g/mol. The second-order valence-electron chi connectivity index (χ2n) is 14.5. The Labute approximate surface area is 251 Å². The summed E-state index contributed by atoms with van der Waals surface area (Å²) in [7, 11) is 0. The average molecular weight is 577 g/mol. The summed E-state index contributed by atoms with van der Waals surface area (Å²) in [4.78, 5) is 40.8. The van der Waals surface area contributed by atoms with Gasteiger partial charge in [-0.1, -0.05) is 67.4 Å². The first kappa shape index (κ1) is 30.6. The van der Waals surface area contributed by atoms with Crippen molar-refractivity contribution in [1.82, 2.24) is 0 Å². The maximum atomic E-state index is 14.8. The van der Waals surface area contributed by atoms with Crippen molar-refractivity contribution in [3.05, 3.63) is 57.9 Å². The van der Waals surface area contributed by atoms with Gasteiger partial charge in [-0.2, -0.15) is 0 Å². The predicted molar refractivity (Wildman–Crippen MR) is 162 cm³/mol. The average Bonchev–Trinajstić information content (AvgIpc) is 3.13. The highest BCUT2D eigenvalue weighted by atomic mass is 16.6. The summed E-state index contributed by atoms with van der Waals surface area (Å²) in [5.41, 5.74) is 0.982. The Morgan fingerprint density at radius 3 is 2.38 bits per heavy atom. The Hall–Kier alpha value is -2.89. The van der Waals surface area contributed by atoms with Gasteiger partial charge >= 0.3 is 11.9 Å². The number of hydrogen-bond acceptors (Lipinski definition) is 6. The van der Waals surface area contributed by atoms with Gasteiger partial charge < -0.3 is 14.6 Å². The molecule has 228 valence electrons. The van der Waals surface area contributed by atoms with Crippen molar-refractivity contribution in [3.8, 4) is 0 Å². The number of Topliss-reactive ketones (excluding diaryl/α,β-unsaturated/α-hetero) is 1. The SMILES string of the molecule is CC(=O)O[C@@H]1CC[C@H](C)[C@@H]2[C@@H]1C=C(C)[C@@H]1/C(C)=C/CC/C(C)=C/[C@]3(C)C=C(C)[C@H](C)C[C@@]34OC(=O)C(=C(O)[C@]21C)C4=O. The first-order chi connectivity index (χ1) is 19.6. The van der Waals surface area contributed by atoms with Crippen LogP contribution < -0.4 is 0 Å². The summed E-state index contributed by atoms with van der Waals surface area (Å²) >= 11 is 0. The first-order valence-corrected chi connectivity index (χ1v) is 15.7. The standard InChI is InChI=1S/C36H48O6/c1-19-11-10-12-20(2)29-22(4)15-26-27(41-25(7)37)14-13-21(3)30(26)35(29,9)31(38)28-32(39)36(42-33(28)40)18-24(6)23(5)17-34(36,8)16-19/h12,15-17,21,24,26-27,29-30,38H,10-11,13-14,18H2,1-9H3/b19-16+,20-12+,31-28?/t21-,24+,26+,27+,29-,30+,34+,35-,36-/m0/s1. The second kappa shape index (κ2) is 10.4. The molecule has 0 aromatic carbocycles. The van der Waals surface area contributed by atoms with Gasteiger partial charge in [0.15, 0.2) is 5.60 Å². The van der Waals surface area contributed by atoms with Gasteiger partial charge in [-0.25, -0.2) is 4.79 Å². The smallest absolute Gasteiger partial charge is 0.346 e. The summed E-state index contributed by atoms with van der Waals surface area (Å²) in [6.07, 6.45) is 11.9. The van der Waals surface area contributed by atoms with Crippen LogP contribution in [0.5, 0.6) is 0 Å². The topological polar surface area (TPSA) is 89.9 Å². The Morgan fingerprint density at radius 2 is 1.71 bits per heavy atom. The lowest BCUT2D eigenvalue weighted by Crippen LogP contribution is -2.54. The van der Waals surface area contributed by atoms with Gasteiger partial charge in [0.1, 0.15) is 17.4 Å². The molecule has 0 aromatic heterocycles. The lowest BCUT2D eigenvalue weighted by molar-refractivity contribution is -0.162. The molecule has 5 rings (SSSR count). The molecule has 1 saturated heterocycles. The Kier molecular flexibility index (Phi) is 7.55. The van der Waals surface area contributed by atoms with E-state index >= 15 is 0 Å². The number of aliphatic hydroxyl groups is 1. The van der Waals surface area contributed by atoms with Crippen LogP contribution in [-0.2, 0) is 23.9 Å². The van der Waals surface area contributed by atoms with Gasteiger partial charge in [0.2, 0.25) is 5.78 Å². The fourth-order valence-electron chi connectivity index (χ4n) is 9.60. The lowest BCUT2D eigenvalue weighted by atomic mass is 9.49. The minimum absolute atomic E-state index is 0.0417. The molecule has 1 heterocycles. The number of ether oxygens (including phenoxy) is 2. The van der Waals surface area contributed by atoms with Crippen molar-refractivity contribution in [1.29, 1.82) is 0 Å². The van der Waals surface area contributed by atoms with Gasteiger partial charge in [-0.05, 0) is 78.1 Å². The van der Waals surface area contributed by atoms with Crippen molar-refractivity contribution in [2.45, 2.75) is 106 Å². The zero-order valence-corrected chi connectivity index (χ0v) is 26.8. The molecule has 0 aromatic rings. The third-order valence-corrected chi connectivity index (χ3v) is 11.5. The zero-order valence-electron chi connectivity index (χ0n) is 26.8.